The zero-order valence-corrected chi connectivity index (χ0v) is 18.9. The zero-order valence-electron chi connectivity index (χ0n) is 15.8. The van der Waals surface area contributed by atoms with Crippen LogP contribution < -0.4 is 10.6 Å². The van der Waals surface area contributed by atoms with E-state index in [2.05, 4.69) is 32.9 Å². The van der Waals surface area contributed by atoms with Crippen molar-refractivity contribution >= 4 is 41.3 Å². The summed E-state index contributed by atoms with van der Waals surface area (Å²) in [6.45, 7) is 4.83. The Balaban J connectivity index is 0.00000312. The van der Waals surface area contributed by atoms with Crippen molar-refractivity contribution in [3.8, 4) is 0 Å². The van der Waals surface area contributed by atoms with Gasteiger partial charge in [0.15, 0.2) is 5.96 Å². The van der Waals surface area contributed by atoms with E-state index in [1.807, 2.05) is 7.05 Å². The zero-order chi connectivity index (χ0) is 17.3. The van der Waals surface area contributed by atoms with Gasteiger partial charge in [0.1, 0.15) is 0 Å². The highest BCUT2D eigenvalue weighted by molar-refractivity contribution is 14.0. The molecule has 0 aliphatic heterocycles. The van der Waals surface area contributed by atoms with Crippen molar-refractivity contribution in [2.24, 2.45) is 10.4 Å². The van der Waals surface area contributed by atoms with Gasteiger partial charge in [0, 0.05) is 45.7 Å². The van der Waals surface area contributed by atoms with Crippen LogP contribution in [0.3, 0.4) is 0 Å². The van der Waals surface area contributed by atoms with Gasteiger partial charge in [-0.05, 0) is 31.1 Å². The van der Waals surface area contributed by atoms with E-state index in [0.29, 0.717) is 5.41 Å². The van der Waals surface area contributed by atoms with Crippen LogP contribution in [-0.2, 0) is 17.6 Å². The highest BCUT2D eigenvalue weighted by atomic mass is 127. The predicted octanol–water partition coefficient (Wildman–Crippen LogP) is 3.63. The minimum atomic E-state index is 0. The summed E-state index contributed by atoms with van der Waals surface area (Å²) in [5, 5.41) is 10.3. The molecule has 5 nitrogen and oxygen atoms in total. The Morgan fingerprint density at radius 1 is 1.36 bits per heavy atom. The summed E-state index contributed by atoms with van der Waals surface area (Å²) in [6.07, 6.45) is 8.34. The van der Waals surface area contributed by atoms with Crippen LogP contribution in [0, 0.1) is 5.41 Å². The molecule has 1 aliphatic rings. The maximum absolute atomic E-state index is 5.31. The number of nitrogens with zero attached hydrogens (tertiary/aromatic N) is 2. The third kappa shape index (κ3) is 7.38. The van der Waals surface area contributed by atoms with Crippen molar-refractivity contribution in [3.63, 3.8) is 0 Å². The average Bonchev–Trinajstić information content (AvgIpc) is 3.26. The number of thiazole rings is 1. The lowest BCUT2D eigenvalue weighted by Gasteiger charge is -2.29. The molecule has 1 aliphatic carbocycles. The largest absolute Gasteiger partial charge is 0.385 e. The molecule has 0 atom stereocenters. The second kappa shape index (κ2) is 12.1. The number of guanidine groups is 1. The second-order valence-electron chi connectivity index (χ2n) is 6.64. The molecule has 25 heavy (non-hydrogen) atoms. The van der Waals surface area contributed by atoms with Crippen molar-refractivity contribution in [2.45, 2.75) is 51.9 Å². The molecule has 1 aromatic rings. The quantitative estimate of drug-likeness (QED) is 0.322. The number of rotatable bonds is 9. The van der Waals surface area contributed by atoms with Crippen LogP contribution in [0.15, 0.2) is 10.4 Å². The van der Waals surface area contributed by atoms with E-state index >= 15 is 0 Å². The Morgan fingerprint density at radius 3 is 2.72 bits per heavy atom. The fourth-order valence-electron chi connectivity index (χ4n) is 3.39. The number of aromatic nitrogens is 1. The van der Waals surface area contributed by atoms with E-state index in [9.17, 15) is 0 Å². The van der Waals surface area contributed by atoms with Crippen LogP contribution in [0.25, 0.3) is 0 Å². The van der Waals surface area contributed by atoms with Crippen molar-refractivity contribution in [3.05, 3.63) is 16.1 Å². The fraction of sp³-hybridized carbons (Fsp3) is 0.778. The molecule has 0 spiro atoms. The average molecular weight is 480 g/mol. The van der Waals surface area contributed by atoms with Crippen LogP contribution in [0.4, 0.5) is 0 Å². The molecule has 2 rings (SSSR count). The first-order chi connectivity index (χ1) is 11.7. The number of ether oxygens (including phenoxy) is 1. The van der Waals surface area contributed by atoms with Gasteiger partial charge in [-0.25, -0.2) is 4.98 Å². The van der Waals surface area contributed by atoms with Gasteiger partial charge in [0.25, 0.3) is 0 Å². The number of aliphatic imine (C=N–C) groups is 1. The van der Waals surface area contributed by atoms with Gasteiger partial charge in [0.2, 0.25) is 0 Å². The molecule has 0 saturated heterocycles. The SMILES string of the molecule is CCc1nc(CCNC(=NC)NCC2(CCOC)CCCC2)cs1.I. The molecule has 0 aromatic carbocycles. The molecule has 7 heteroatoms. The van der Waals surface area contributed by atoms with E-state index in [1.54, 1.807) is 18.4 Å². The van der Waals surface area contributed by atoms with Crippen LogP contribution in [-0.4, -0.2) is 44.8 Å². The predicted molar refractivity (Wildman–Crippen MR) is 117 cm³/mol. The Morgan fingerprint density at radius 2 is 2.12 bits per heavy atom. The molecular formula is C18H33IN4OS. The molecule has 1 heterocycles. The summed E-state index contributed by atoms with van der Waals surface area (Å²) < 4.78 is 5.31. The summed E-state index contributed by atoms with van der Waals surface area (Å²) in [4.78, 5) is 8.97. The van der Waals surface area contributed by atoms with Crippen molar-refractivity contribution in [2.75, 3.05) is 33.9 Å². The monoisotopic (exact) mass is 480 g/mol. The van der Waals surface area contributed by atoms with E-state index in [4.69, 9.17) is 4.74 Å². The van der Waals surface area contributed by atoms with Crippen LogP contribution in [0.5, 0.6) is 0 Å². The smallest absolute Gasteiger partial charge is 0.191 e. The number of methoxy groups -OCH3 is 1. The maximum Gasteiger partial charge on any atom is 0.191 e. The molecule has 1 aromatic heterocycles. The summed E-state index contributed by atoms with van der Waals surface area (Å²) in [7, 11) is 3.63. The molecule has 0 amide bonds. The first kappa shape index (κ1) is 22.6. The molecule has 0 radical (unpaired) electrons. The van der Waals surface area contributed by atoms with Gasteiger partial charge in [-0.3, -0.25) is 4.99 Å². The molecule has 1 saturated carbocycles. The third-order valence-electron chi connectivity index (χ3n) is 4.93. The fourth-order valence-corrected chi connectivity index (χ4v) is 4.16. The number of halogens is 1. The van der Waals surface area contributed by atoms with Gasteiger partial charge in [-0.1, -0.05) is 19.8 Å². The van der Waals surface area contributed by atoms with Crippen molar-refractivity contribution in [1.82, 2.24) is 15.6 Å². The van der Waals surface area contributed by atoms with Crippen LogP contribution >= 0.6 is 35.3 Å². The van der Waals surface area contributed by atoms with Crippen molar-refractivity contribution < 1.29 is 4.74 Å². The van der Waals surface area contributed by atoms with E-state index in [0.717, 1.165) is 44.9 Å². The normalized spacial score (nSPS) is 16.5. The number of hydrogen-bond acceptors (Lipinski definition) is 4. The highest BCUT2D eigenvalue weighted by Crippen LogP contribution is 2.40. The van der Waals surface area contributed by atoms with Crippen LogP contribution in [0.1, 0.15) is 49.7 Å². The van der Waals surface area contributed by atoms with Gasteiger partial charge in [0.05, 0.1) is 10.7 Å². The molecule has 1 fully saturated rings. The highest BCUT2D eigenvalue weighted by Gasteiger charge is 2.33. The number of aryl methyl sites for hydroxylation is 1. The van der Waals surface area contributed by atoms with E-state index in [-0.39, 0.29) is 24.0 Å². The summed E-state index contributed by atoms with van der Waals surface area (Å²) >= 11 is 1.75. The Kier molecular flexibility index (Phi) is 10.9. The molecular weight excluding hydrogens is 447 g/mol. The number of nitrogens with one attached hydrogen (secondary N) is 2. The third-order valence-corrected chi connectivity index (χ3v) is 5.97. The minimum Gasteiger partial charge on any atom is -0.385 e. The topological polar surface area (TPSA) is 58.5 Å². The Hall–Kier alpha value is -0.410. The van der Waals surface area contributed by atoms with E-state index in [1.165, 1.54) is 36.4 Å². The lowest BCUT2D eigenvalue weighted by molar-refractivity contribution is 0.138. The first-order valence-corrected chi connectivity index (χ1v) is 9.96. The number of hydrogen-bond donors (Lipinski definition) is 2. The van der Waals surface area contributed by atoms with Gasteiger partial charge >= 0.3 is 0 Å². The minimum absolute atomic E-state index is 0. The van der Waals surface area contributed by atoms with Gasteiger partial charge in [-0.2, -0.15) is 0 Å². The molecule has 0 unspecified atom stereocenters. The van der Waals surface area contributed by atoms with Crippen LogP contribution in [0.2, 0.25) is 0 Å². The molecule has 2 N–H and O–H groups in total. The molecule has 144 valence electrons. The lowest BCUT2D eigenvalue weighted by Crippen LogP contribution is -2.43. The standard InChI is InChI=1S/C18H32N4OS.HI/c1-4-16-22-15(13-24-16)7-11-20-17(19-2)21-14-18(10-12-23-3)8-5-6-9-18;/h13H,4-12,14H2,1-3H3,(H2,19,20,21);1H. The lowest BCUT2D eigenvalue weighted by atomic mass is 9.83. The van der Waals surface area contributed by atoms with Gasteiger partial charge < -0.3 is 15.4 Å². The van der Waals surface area contributed by atoms with E-state index < -0.39 is 0 Å². The second-order valence-corrected chi connectivity index (χ2v) is 7.58. The summed E-state index contributed by atoms with van der Waals surface area (Å²) in [6, 6.07) is 0. The molecule has 0 bridgehead atoms. The Bertz CT molecular complexity index is 515. The summed E-state index contributed by atoms with van der Waals surface area (Å²) in [5.74, 6) is 0.893. The summed E-state index contributed by atoms with van der Waals surface area (Å²) in [5.41, 5.74) is 1.55. The Labute approximate surface area is 173 Å². The van der Waals surface area contributed by atoms with Crippen molar-refractivity contribution in [1.29, 1.82) is 0 Å². The maximum atomic E-state index is 5.31. The van der Waals surface area contributed by atoms with Gasteiger partial charge in [-0.15, -0.1) is 35.3 Å². The first-order valence-electron chi connectivity index (χ1n) is 9.08.